The zero-order valence-electron chi connectivity index (χ0n) is 17.4. The highest BCUT2D eigenvalue weighted by molar-refractivity contribution is 5.95. The van der Waals surface area contributed by atoms with Crippen LogP contribution in [0.3, 0.4) is 0 Å². The summed E-state index contributed by atoms with van der Waals surface area (Å²) < 4.78 is 46.3. The fourth-order valence-corrected chi connectivity index (χ4v) is 4.89. The normalized spacial score (nSPS) is 32.4. The number of fused-ring (bicyclic) bond motifs is 1. The van der Waals surface area contributed by atoms with E-state index in [4.69, 9.17) is 4.74 Å². The molecule has 4 fully saturated rings. The van der Waals surface area contributed by atoms with E-state index < -0.39 is 48.8 Å². The summed E-state index contributed by atoms with van der Waals surface area (Å²) in [5, 5.41) is 5.11. The molecule has 3 aliphatic heterocycles. The molecular weight excluding hydrogens is 435 g/mol. The van der Waals surface area contributed by atoms with Crippen LogP contribution in [0.15, 0.2) is 0 Å². The van der Waals surface area contributed by atoms with E-state index in [2.05, 4.69) is 15.4 Å². The number of nitrogens with one attached hydrogen (secondary N) is 2. The lowest BCUT2D eigenvalue weighted by atomic mass is 9.95. The number of alkyl halides is 3. The largest absolute Gasteiger partial charge is 0.522 e. The Kier molecular flexibility index (Phi) is 6.44. The SMILES string of the molecule is O=C1NCCC1CC(NC(=O)[C@@H]1C[C@H]2C[C@H]2N1C(=O)C1CCCO1)C(=O)COC(F)(F)F. The average Bonchev–Trinajstić information content (AvgIpc) is 3.11. The summed E-state index contributed by atoms with van der Waals surface area (Å²) in [5.74, 6) is -2.56. The van der Waals surface area contributed by atoms with Crippen LogP contribution in [0.4, 0.5) is 13.2 Å². The number of halogens is 3. The number of Topliss-reactive ketones (excluding diaryl/α,β-unsaturated/α-hetero) is 1. The molecule has 0 spiro atoms. The molecule has 0 aromatic heterocycles. The minimum atomic E-state index is -4.99. The number of ether oxygens (including phenoxy) is 2. The first-order chi connectivity index (χ1) is 15.1. The lowest BCUT2D eigenvalue weighted by molar-refractivity contribution is -0.321. The Labute approximate surface area is 182 Å². The van der Waals surface area contributed by atoms with Gasteiger partial charge in [-0.2, -0.15) is 0 Å². The van der Waals surface area contributed by atoms with Crippen LogP contribution in [0.1, 0.15) is 38.5 Å². The van der Waals surface area contributed by atoms with E-state index in [0.29, 0.717) is 32.4 Å². The second kappa shape index (κ2) is 8.97. The van der Waals surface area contributed by atoms with Gasteiger partial charge in [0.1, 0.15) is 18.8 Å². The number of hydrogen-bond acceptors (Lipinski definition) is 6. The van der Waals surface area contributed by atoms with Crippen LogP contribution in [0.5, 0.6) is 0 Å². The first-order valence-electron chi connectivity index (χ1n) is 10.9. The number of hydrogen-bond donors (Lipinski definition) is 2. The highest BCUT2D eigenvalue weighted by Crippen LogP contribution is 2.48. The van der Waals surface area contributed by atoms with E-state index >= 15 is 0 Å². The van der Waals surface area contributed by atoms with Crippen molar-refractivity contribution in [2.24, 2.45) is 11.8 Å². The molecule has 3 heterocycles. The quantitative estimate of drug-likeness (QED) is 0.537. The Balaban J connectivity index is 1.44. The second-order valence-corrected chi connectivity index (χ2v) is 8.84. The fraction of sp³-hybridized carbons (Fsp3) is 0.800. The molecule has 3 saturated heterocycles. The lowest BCUT2D eigenvalue weighted by Gasteiger charge is -2.30. The van der Waals surface area contributed by atoms with Crippen molar-refractivity contribution in [2.75, 3.05) is 19.8 Å². The standard InChI is InChI=1S/C20H26F3N3O6/c21-20(22,23)32-9-15(27)12(6-10-3-4-24-17(10)28)25-18(29)14-8-11-7-13(11)26(14)19(30)16-2-1-5-31-16/h10-14,16H,1-9H2,(H,24,28)(H,25,29)/t10?,11-,12?,13-,14+,16?/m1/s1. The fourth-order valence-electron chi connectivity index (χ4n) is 4.89. The average molecular weight is 461 g/mol. The maximum absolute atomic E-state index is 13.1. The molecule has 4 aliphatic rings. The zero-order chi connectivity index (χ0) is 23.0. The molecule has 0 radical (unpaired) electrons. The molecule has 0 bridgehead atoms. The van der Waals surface area contributed by atoms with Crippen molar-refractivity contribution in [3.8, 4) is 0 Å². The van der Waals surface area contributed by atoms with Crippen LogP contribution in [0.2, 0.25) is 0 Å². The Morgan fingerprint density at radius 2 is 2.03 bits per heavy atom. The van der Waals surface area contributed by atoms with E-state index in [1.54, 1.807) is 0 Å². The third kappa shape index (κ3) is 5.06. The van der Waals surface area contributed by atoms with Gasteiger partial charge in [0.2, 0.25) is 11.8 Å². The van der Waals surface area contributed by atoms with Gasteiger partial charge in [0, 0.05) is 25.1 Å². The molecule has 32 heavy (non-hydrogen) atoms. The van der Waals surface area contributed by atoms with Crippen molar-refractivity contribution in [2.45, 2.75) is 69.1 Å². The maximum Gasteiger partial charge on any atom is 0.522 e. The molecule has 0 aromatic rings. The van der Waals surface area contributed by atoms with Gasteiger partial charge in [-0.3, -0.25) is 23.9 Å². The van der Waals surface area contributed by atoms with E-state index in [0.717, 1.165) is 12.8 Å². The molecule has 9 nitrogen and oxygen atoms in total. The topological polar surface area (TPSA) is 114 Å². The predicted molar refractivity (Wildman–Crippen MR) is 101 cm³/mol. The van der Waals surface area contributed by atoms with Crippen LogP contribution in [0.25, 0.3) is 0 Å². The van der Waals surface area contributed by atoms with Crippen molar-refractivity contribution in [1.29, 1.82) is 0 Å². The van der Waals surface area contributed by atoms with E-state index in [9.17, 15) is 32.3 Å². The highest BCUT2D eigenvalue weighted by atomic mass is 19.4. The van der Waals surface area contributed by atoms with Crippen LogP contribution in [-0.4, -0.2) is 78.8 Å². The molecule has 4 rings (SSSR count). The van der Waals surface area contributed by atoms with Crippen LogP contribution >= 0.6 is 0 Å². The van der Waals surface area contributed by atoms with Crippen molar-refractivity contribution in [1.82, 2.24) is 15.5 Å². The summed E-state index contributed by atoms with van der Waals surface area (Å²) in [4.78, 5) is 51.9. The third-order valence-corrected chi connectivity index (χ3v) is 6.63. The summed E-state index contributed by atoms with van der Waals surface area (Å²) in [6.07, 6.45) is -2.74. The van der Waals surface area contributed by atoms with Gasteiger partial charge < -0.3 is 20.3 Å². The molecule has 3 unspecified atom stereocenters. The number of piperidine rings is 1. The summed E-state index contributed by atoms with van der Waals surface area (Å²) in [7, 11) is 0. The Hall–Kier alpha value is -2.21. The zero-order valence-corrected chi connectivity index (χ0v) is 17.4. The number of rotatable bonds is 8. The number of carbonyl (C=O) groups excluding carboxylic acids is 4. The molecule has 1 saturated carbocycles. The number of ketones is 1. The van der Waals surface area contributed by atoms with Crippen LogP contribution in [0, 0.1) is 11.8 Å². The number of likely N-dealkylation sites (tertiary alicyclic amines) is 1. The summed E-state index contributed by atoms with van der Waals surface area (Å²) in [6, 6.07) is -2.19. The second-order valence-electron chi connectivity index (χ2n) is 8.84. The minimum Gasteiger partial charge on any atom is -0.368 e. The van der Waals surface area contributed by atoms with Gasteiger partial charge >= 0.3 is 6.36 Å². The van der Waals surface area contributed by atoms with Crippen molar-refractivity contribution in [3.05, 3.63) is 0 Å². The summed E-state index contributed by atoms with van der Waals surface area (Å²) >= 11 is 0. The van der Waals surface area contributed by atoms with Gasteiger partial charge in [0.05, 0.1) is 6.04 Å². The third-order valence-electron chi connectivity index (χ3n) is 6.63. The van der Waals surface area contributed by atoms with Crippen molar-refractivity contribution >= 4 is 23.5 Å². The smallest absolute Gasteiger partial charge is 0.368 e. The highest BCUT2D eigenvalue weighted by Gasteiger charge is 2.57. The predicted octanol–water partition coefficient (Wildman–Crippen LogP) is 0.271. The van der Waals surface area contributed by atoms with Gasteiger partial charge in [-0.25, -0.2) is 0 Å². The van der Waals surface area contributed by atoms with E-state index in [1.807, 2.05) is 0 Å². The molecule has 12 heteroatoms. The van der Waals surface area contributed by atoms with Gasteiger partial charge in [0.25, 0.3) is 5.91 Å². The molecule has 2 N–H and O–H groups in total. The first kappa shape index (κ1) is 23.0. The molecule has 6 atom stereocenters. The molecule has 3 amide bonds. The van der Waals surface area contributed by atoms with Crippen LogP contribution < -0.4 is 10.6 Å². The number of amides is 3. The van der Waals surface area contributed by atoms with Gasteiger partial charge in [-0.1, -0.05) is 0 Å². The Bertz CT molecular complexity index is 785. The molecular formula is C20H26F3N3O6. The number of nitrogens with zero attached hydrogens (tertiary/aromatic N) is 1. The summed E-state index contributed by atoms with van der Waals surface area (Å²) in [5.41, 5.74) is 0. The van der Waals surface area contributed by atoms with Crippen LogP contribution in [-0.2, 0) is 28.7 Å². The van der Waals surface area contributed by atoms with Crippen molar-refractivity contribution < 1.29 is 41.8 Å². The van der Waals surface area contributed by atoms with E-state index in [1.165, 1.54) is 4.90 Å². The molecule has 0 aromatic carbocycles. The summed E-state index contributed by atoms with van der Waals surface area (Å²) in [6.45, 7) is -0.390. The lowest BCUT2D eigenvalue weighted by Crippen LogP contribution is -2.54. The maximum atomic E-state index is 13.1. The van der Waals surface area contributed by atoms with Crippen molar-refractivity contribution in [3.63, 3.8) is 0 Å². The molecule has 1 aliphatic carbocycles. The Morgan fingerprint density at radius 3 is 2.66 bits per heavy atom. The van der Waals surface area contributed by atoms with Gasteiger partial charge in [-0.05, 0) is 44.4 Å². The minimum absolute atomic E-state index is 0.0502. The van der Waals surface area contributed by atoms with E-state index in [-0.39, 0.29) is 30.2 Å². The Morgan fingerprint density at radius 1 is 1.25 bits per heavy atom. The number of carbonyl (C=O) groups is 4. The van der Waals surface area contributed by atoms with Gasteiger partial charge in [-0.15, -0.1) is 13.2 Å². The van der Waals surface area contributed by atoms with Gasteiger partial charge in [0.15, 0.2) is 5.78 Å². The monoisotopic (exact) mass is 461 g/mol. The molecule has 178 valence electrons. The first-order valence-corrected chi connectivity index (χ1v) is 10.9.